The van der Waals surface area contributed by atoms with Crippen LogP contribution >= 0.6 is 11.8 Å². The Labute approximate surface area is 115 Å². The molecule has 1 aromatic rings. The van der Waals surface area contributed by atoms with Gasteiger partial charge in [0.2, 0.25) is 0 Å². The van der Waals surface area contributed by atoms with Crippen molar-refractivity contribution in [2.24, 2.45) is 0 Å². The Morgan fingerprint density at radius 2 is 2.17 bits per heavy atom. The second-order valence-electron chi connectivity index (χ2n) is 5.05. The SMILES string of the molecule is CCCNc1cc(CSC2CCCCC2)ccn1. The zero-order chi connectivity index (χ0) is 12.6. The van der Waals surface area contributed by atoms with Crippen LogP contribution in [0.1, 0.15) is 51.0 Å². The third-order valence-corrected chi connectivity index (χ3v) is 4.86. The number of hydrogen-bond acceptors (Lipinski definition) is 3. The molecule has 1 saturated carbocycles. The number of anilines is 1. The lowest BCUT2D eigenvalue weighted by molar-refractivity contribution is 0.516. The van der Waals surface area contributed by atoms with E-state index in [0.717, 1.165) is 29.8 Å². The number of rotatable bonds is 6. The highest BCUT2D eigenvalue weighted by molar-refractivity contribution is 7.99. The van der Waals surface area contributed by atoms with E-state index in [9.17, 15) is 0 Å². The van der Waals surface area contributed by atoms with Crippen molar-refractivity contribution in [3.63, 3.8) is 0 Å². The van der Waals surface area contributed by atoms with Crippen LogP contribution in [0.5, 0.6) is 0 Å². The maximum Gasteiger partial charge on any atom is 0.126 e. The van der Waals surface area contributed by atoms with Crippen LogP contribution < -0.4 is 5.32 Å². The normalized spacial score (nSPS) is 16.7. The summed E-state index contributed by atoms with van der Waals surface area (Å²) in [4.78, 5) is 4.35. The molecule has 0 aliphatic heterocycles. The molecule has 1 N–H and O–H groups in total. The molecule has 18 heavy (non-hydrogen) atoms. The van der Waals surface area contributed by atoms with Crippen molar-refractivity contribution in [3.05, 3.63) is 23.9 Å². The average molecular weight is 264 g/mol. The van der Waals surface area contributed by atoms with E-state index >= 15 is 0 Å². The molecule has 1 aliphatic rings. The van der Waals surface area contributed by atoms with Crippen molar-refractivity contribution in [3.8, 4) is 0 Å². The van der Waals surface area contributed by atoms with Crippen molar-refractivity contribution in [1.82, 2.24) is 4.98 Å². The van der Waals surface area contributed by atoms with Gasteiger partial charge in [-0.15, -0.1) is 0 Å². The number of thioether (sulfide) groups is 1. The Morgan fingerprint density at radius 1 is 1.33 bits per heavy atom. The van der Waals surface area contributed by atoms with Crippen molar-refractivity contribution in [1.29, 1.82) is 0 Å². The van der Waals surface area contributed by atoms with Gasteiger partial charge in [-0.2, -0.15) is 11.8 Å². The van der Waals surface area contributed by atoms with E-state index in [1.165, 1.54) is 37.7 Å². The van der Waals surface area contributed by atoms with Gasteiger partial charge in [0.05, 0.1) is 0 Å². The van der Waals surface area contributed by atoms with E-state index in [1.807, 2.05) is 6.20 Å². The molecule has 0 saturated heterocycles. The van der Waals surface area contributed by atoms with Gasteiger partial charge in [0.15, 0.2) is 0 Å². The number of aromatic nitrogens is 1. The molecule has 0 radical (unpaired) electrons. The lowest BCUT2D eigenvalue weighted by atomic mass is 10.0. The molecule has 2 nitrogen and oxygen atoms in total. The summed E-state index contributed by atoms with van der Waals surface area (Å²) in [5.41, 5.74) is 1.40. The van der Waals surface area contributed by atoms with Crippen LogP contribution in [0.15, 0.2) is 18.3 Å². The van der Waals surface area contributed by atoms with Gasteiger partial charge in [0.1, 0.15) is 5.82 Å². The smallest absolute Gasteiger partial charge is 0.126 e. The molecule has 0 unspecified atom stereocenters. The summed E-state index contributed by atoms with van der Waals surface area (Å²) in [7, 11) is 0. The van der Waals surface area contributed by atoms with Gasteiger partial charge in [-0.1, -0.05) is 26.2 Å². The first-order chi connectivity index (χ1) is 8.88. The van der Waals surface area contributed by atoms with Crippen LogP contribution in [0, 0.1) is 0 Å². The lowest BCUT2D eigenvalue weighted by Crippen LogP contribution is -2.08. The first kappa shape index (κ1) is 13.7. The quantitative estimate of drug-likeness (QED) is 0.820. The highest BCUT2D eigenvalue weighted by Crippen LogP contribution is 2.30. The van der Waals surface area contributed by atoms with Gasteiger partial charge >= 0.3 is 0 Å². The average Bonchev–Trinajstić information content (AvgIpc) is 2.44. The number of pyridine rings is 1. The van der Waals surface area contributed by atoms with E-state index in [4.69, 9.17) is 0 Å². The van der Waals surface area contributed by atoms with E-state index in [-0.39, 0.29) is 0 Å². The second kappa shape index (κ2) is 7.67. The van der Waals surface area contributed by atoms with Crippen molar-refractivity contribution in [2.75, 3.05) is 11.9 Å². The van der Waals surface area contributed by atoms with Gasteiger partial charge in [-0.25, -0.2) is 4.98 Å². The Balaban J connectivity index is 1.80. The molecule has 3 heteroatoms. The molecule has 0 amide bonds. The predicted octanol–water partition coefficient (Wildman–Crippen LogP) is 4.47. The fraction of sp³-hybridized carbons (Fsp3) is 0.667. The number of nitrogens with zero attached hydrogens (tertiary/aromatic N) is 1. The molecular formula is C15H24N2S. The van der Waals surface area contributed by atoms with E-state index < -0.39 is 0 Å². The van der Waals surface area contributed by atoms with E-state index in [1.54, 1.807) is 0 Å². The van der Waals surface area contributed by atoms with Crippen molar-refractivity contribution in [2.45, 2.75) is 56.5 Å². The van der Waals surface area contributed by atoms with Crippen LogP contribution in [-0.4, -0.2) is 16.8 Å². The molecule has 2 rings (SSSR count). The van der Waals surface area contributed by atoms with E-state index in [0.29, 0.717) is 0 Å². The largest absolute Gasteiger partial charge is 0.370 e. The molecule has 1 fully saturated rings. The third kappa shape index (κ3) is 4.52. The van der Waals surface area contributed by atoms with Crippen molar-refractivity contribution >= 4 is 17.6 Å². The molecule has 0 aromatic carbocycles. The third-order valence-electron chi connectivity index (χ3n) is 3.42. The molecule has 0 bridgehead atoms. The topological polar surface area (TPSA) is 24.9 Å². The maximum atomic E-state index is 4.35. The van der Waals surface area contributed by atoms with Gasteiger partial charge < -0.3 is 5.32 Å². The predicted molar refractivity (Wildman–Crippen MR) is 81.2 cm³/mol. The van der Waals surface area contributed by atoms with Crippen LogP contribution in [0.2, 0.25) is 0 Å². The summed E-state index contributed by atoms with van der Waals surface area (Å²) < 4.78 is 0. The number of nitrogens with one attached hydrogen (secondary N) is 1. The lowest BCUT2D eigenvalue weighted by Gasteiger charge is -2.20. The molecule has 1 aliphatic carbocycles. The molecule has 0 spiro atoms. The molecular weight excluding hydrogens is 240 g/mol. The number of hydrogen-bond donors (Lipinski definition) is 1. The van der Waals surface area contributed by atoms with Crippen LogP contribution in [-0.2, 0) is 5.75 Å². The summed E-state index contributed by atoms with van der Waals surface area (Å²) in [5.74, 6) is 2.16. The Bertz CT molecular complexity index is 348. The first-order valence-electron chi connectivity index (χ1n) is 7.19. The minimum Gasteiger partial charge on any atom is -0.370 e. The highest BCUT2D eigenvalue weighted by atomic mass is 32.2. The Hall–Kier alpha value is -0.700. The summed E-state index contributed by atoms with van der Waals surface area (Å²) in [6.45, 7) is 3.18. The molecule has 0 atom stereocenters. The summed E-state index contributed by atoms with van der Waals surface area (Å²) >= 11 is 2.13. The first-order valence-corrected chi connectivity index (χ1v) is 8.24. The zero-order valence-electron chi connectivity index (χ0n) is 11.3. The van der Waals surface area contributed by atoms with Crippen molar-refractivity contribution < 1.29 is 0 Å². The summed E-state index contributed by atoms with van der Waals surface area (Å²) in [6, 6.07) is 4.35. The second-order valence-corrected chi connectivity index (χ2v) is 6.34. The van der Waals surface area contributed by atoms with Gasteiger partial charge in [0.25, 0.3) is 0 Å². The summed E-state index contributed by atoms with van der Waals surface area (Å²) in [5, 5.41) is 4.24. The van der Waals surface area contributed by atoms with Gasteiger partial charge in [-0.3, -0.25) is 0 Å². The monoisotopic (exact) mass is 264 g/mol. The Morgan fingerprint density at radius 3 is 2.94 bits per heavy atom. The van der Waals surface area contributed by atoms with E-state index in [2.05, 4.69) is 41.1 Å². The van der Waals surface area contributed by atoms with Crippen LogP contribution in [0.25, 0.3) is 0 Å². The molecule has 100 valence electrons. The maximum absolute atomic E-state index is 4.35. The minimum absolute atomic E-state index is 0.888. The highest BCUT2D eigenvalue weighted by Gasteiger charge is 2.13. The standard InChI is InChI=1S/C15H24N2S/c1-2-9-16-15-11-13(8-10-17-15)12-18-14-6-4-3-5-7-14/h8,10-11,14H,2-7,9,12H2,1H3,(H,16,17). The van der Waals surface area contributed by atoms with Gasteiger partial charge in [0, 0.05) is 23.7 Å². The fourth-order valence-corrected chi connectivity index (χ4v) is 3.63. The van der Waals surface area contributed by atoms with Gasteiger partial charge in [-0.05, 0) is 37.0 Å². The molecule has 1 heterocycles. The van der Waals surface area contributed by atoms with Crippen LogP contribution in [0.3, 0.4) is 0 Å². The Kier molecular flexibility index (Phi) is 5.85. The van der Waals surface area contributed by atoms with Crippen LogP contribution in [0.4, 0.5) is 5.82 Å². The zero-order valence-corrected chi connectivity index (χ0v) is 12.1. The summed E-state index contributed by atoms with van der Waals surface area (Å²) in [6.07, 6.45) is 10.2. The molecule has 1 aromatic heterocycles. The fourth-order valence-electron chi connectivity index (χ4n) is 2.36. The minimum atomic E-state index is 0.888.